The Labute approximate surface area is 107 Å². The molecule has 0 saturated heterocycles. The second-order valence-electron chi connectivity index (χ2n) is 4.82. The summed E-state index contributed by atoms with van der Waals surface area (Å²) in [5.41, 5.74) is -0.497. The van der Waals surface area contributed by atoms with Gasteiger partial charge in [0.15, 0.2) is 0 Å². The molecule has 0 radical (unpaired) electrons. The average molecular weight is 265 g/mol. The summed E-state index contributed by atoms with van der Waals surface area (Å²) >= 11 is 5.35. The van der Waals surface area contributed by atoms with E-state index in [9.17, 15) is 9.59 Å². The molecule has 2 amide bonds. The standard InChI is InChI=1S/C11H21ClN2O3/c1-8(14-9(15)7-12)5-6-13-10(16)17-11(2,3)4/h8H,5-7H2,1-4H3,(H,13,16)(H,14,15). The molecule has 0 aliphatic rings. The van der Waals surface area contributed by atoms with Crippen molar-refractivity contribution in [2.45, 2.75) is 45.8 Å². The zero-order valence-electron chi connectivity index (χ0n) is 10.8. The molecule has 5 nitrogen and oxygen atoms in total. The van der Waals surface area contributed by atoms with Gasteiger partial charge in [0.1, 0.15) is 11.5 Å². The fourth-order valence-corrected chi connectivity index (χ4v) is 1.17. The van der Waals surface area contributed by atoms with Gasteiger partial charge in [0.05, 0.1) is 0 Å². The molecule has 0 rings (SSSR count). The Kier molecular flexibility index (Phi) is 6.95. The predicted molar refractivity (Wildman–Crippen MR) is 67.2 cm³/mol. The highest BCUT2D eigenvalue weighted by Gasteiger charge is 2.15. The molecule has 0 aromatic heterocycles. The van der Waals surface area contributed by atoms with Crippen molar-refractivity contribution >= 4 is 23.6 Å². The first-order valence-corrected chi connectivity index (χ1v) is 6.10. The van der Waals surface area contributed by atoms with Crippen molar-refractivity contribution in [2.75, 3.05) is 12.4 Å². The number of alkyl halides is 1. The minimum atomic E-state index is -0.497. The first-order chi connectivity index (χ1) is 7.74. The fourth-order valence-electron chi connectivity index (χ4n) is 1.09. The Morgan fingerprint density at radius 3 is 2.41 bits per heavy atom. The Balaban J connectivity index is 3.70. The summed E-state index contributed by atoms with van der Waals surface area (Å²) in [4.78, 5) is 22.2. The molecule has 1 atom stereocenters. The number of nitrogens with one attached hydrogen (secondary N) is 2. The molecule has 0 bridgehead atoms. The van der Waals surface area contributed by atoms with E-state index in [0.717, 1.165) is 0 Å². The summed E-state index contributed by atoms with van der Waals surface area (Å²) in [6.45, 7) is 7.70. The van der Waals surface area contributed by atoms with Crippen LogP contribution < -0.4 is 10.6 Å². The summed E-state index contributed by atoms with van der Waals surface area (Å²) in [7, 11) is 0. The van der Waals surface area contributed by atoms with E-state index in [1.807, 2.05) is 6.92 Å². The van der Waals surface area contributed by atoms with Crippen LogP contribution in [0.3, 0.4) is 0 Å². The van der Waals surface area contributed by atoms with Gasteiger partial charge in [-0.25, -0.2) is 4.79 Å². The molecule has 100 valence electrons. The van der Waals surface area contributed by atoms with E-state index in [4.69, 9.17) is 16.3 Å². The highest BCUT2D eigenvalue weighted by molar-refractivity contribution is 6.27. The van der Waals surface area contributed by atoms with Crippen LogP contribution in [0.25, 0.3) is 0 Å². The van der Waals surface area contributed by atoms with Gasteiger partial charge in [0.25, 0.3) is 0 Å². The molecule has 1 unspecified atom stereocenters. The van der Waals surface area contributed by atoms with Crippen LogP contribution in [0.15, 0.2) is 0 Å². The zero-order chi connectivity index (χ0) is 13.5. The maximum Gasteiger partial charge on any atom is 0.407 e. The number of amides is 2. The lowest BCUT2D eigenvalue weighted by Gasteiger charge is -2.20. The lowest BCUT2D eigenvalue weighted by molar-refractivity contribution is -0.119. The van der Waals surface area contributed by atoms with Crippen molar-refractivity contribution in [2.24, 2.45) is 0 Å². The second kappa shape index (κ2) is 7.37. The third-order valence-corrected chi connectivity index (χ3v) is 2.02. The molecule has 0 aliphatic carbocycles. The molecule has 0 aromatic rings. The monoisotopic (exact) mass is 264 g/mol. The molecule has 0 heterocycles. The molecule has 0 fully saturated rings. The summed E-state index contributed by atoms with van der Waals surface area (Å²) in [5.74, 6) is -0.263. The van der Waals surface area contributed by atoms with Crippen LogP contribution >= 0.6 is 11.6 Å². The van der Waals surface area contributed by atoms with Crippen molar-refractivity contribution < 1.29 is 14.3 Å². The molecular weight excluding hydrogens is 244 g/mol. The highest BCUT2D eigenvalue weighted by atomic mass is 35.5. The number of ether oxygens (including phenoxy) is 1. The number of carbonyl (C=O) groups excluding carboxylic acids is 2. The second-order valence-corrected chi connectivity index (χ2v) is 5.09. The largest absolute Gasteiger partial charge is 0.444 e. The highest BCUT2D eigenvalue weighted by Crippen LogP contribution is 2.06. The molecule has 6 heteroatoms. The molecular formula is C11H21ClN2O3. The number of hydrogen-bond acceptors (Lipinski definition) is 3. The SMILES string of the molecule is CC(CCNC(=O)OC(C)(C)C)NC(=O)CCl. The Morgan fingerprint density at radius 2 is 1.94 bits per heavy atom. The van der Waals surface area contributed by atoms with Crippen LogP contribution in [-0.2, 0) is 9.53 Å². The zero-order valence-corrected chi connectivity index (χ0v) is 11.6. The number of halogens is 1. The van der Waals surface area contributed by atoms with Gasteiger partial charge < -0.3 is 15.4 Å². The minimum absolute atomic E-state index is 0.0313. The van der Waals surface area contributed by atoms with E-state index >= 15 is 0 Å². The van der Waals surface area contributed by atoms with Crippen molar-refractivity contribution in [3.63, 3.8) is 0 Å². The van der Waals surface area contributed by atoms with Gasteiger partial charge in [-0.05, 0) is 34.1 Å². The van der Waals surface area contributed by atoms with Gasteiger partial charge in [-0.15, -0.1) is 11.6 Å². The van der Waals surface area contributed by atoms with Crippen LogP contribution in [0.4, 0.5) is 4.79 Å². The summed E-state index contributed by atoms with van der Waals surface area (Å²) in [6.07, 6.45) is 0.176. The van der Waals surface area contributed by atoms with Gasteiger partial charge >= 0.3 is 6.09 Å². The molecule has 0 aliphatic heterocycles. The van der Waals surface area contributed by atoms with Crippen LogP contribution in [0.2, 0.25) is 0 Å². The third-order valence-electron chi connectivity index (χ3n) is 1.77. The van der Waals surface area contributed by atoms with Crippen molar-refractivity contribution in [1.29, 1.82) is 0 Å². The van der Waals surface area contributed by atoms with Gasteiger partial charge in [-0.1, -0.05) is 0 Å². The maximum atomic E-state index is 11.3. The quantitative estimate of drug-likeness (QED) is 0.742. The first-order valence-electron chi connectivity index (χ1n) is 5.57. The number of carbonyl (C=O) groups is 2. The van der Waals surface area contributed by atoms with Crippen molar-refractivity contribution in [3.05, 3.63) is 0 Å². The lowest BCUT2D eigenvalue weighted by atomic mass is 10.2. The van der Waals surface area contributed by atoms with Gasteiger partial charge in [0.2, 0.25) is 5.91 Å². The Hall–Kier alpha value is -0.970. The smallest absolute Gasteiger partial charge is 0.407 e. The number of rotatable bonds is 5. The molecule has 0 spiro atoms. The molecule has 17 heavy (non-hydrogen) atoms. The van der Waals surface area contributed by atoms with E-state index in [2.05, 4.69) is 10.6 Å². The Bertz CT molecular complexity index is 264. The normalized spacial score (nSPS) is 12.8. The van der Waals surface area contributed by atoms with Gasteiger partial charge in [0, 0.05) is 12.6 Å². The maximum absolute atomic E-state index is 11.3. The molecule has 0 aromatic carbocycles. The van der Waals surface area contributed by atoms with E-state index in [1.165, 1.54) is 0 Å². The van der Waals surface area contributed by atoms with Gasteiger partial charge in [-0.2, -0.15) is 0 Å². The van der Waals surface area contributed by atoms with E-state index < -0.39 is 11.7 Å². The lowest BCUT2D eigenvalue weighted by Crippen LogP contribution is -2.38. The first kappa shape index (κ1) is 16.0. The predicted octanol–water partition coefficient (Wildman–Crippen LogP) is 1.64. The average Bonchev–Trinajstić information content (AvgIpc) is 2.14. The van der Waals surface area contributed by atoms with Crippen LogP contribution in [-0.4, -0.2) is 36.1 Å². The number of alkyl carbamates (subject to hydrolysis) is 1. The minimum Gasteiger partial charge on any atom is -0.444 e. The van der Waals surface area contributed by atoms with Crippen LogP contribution in [0, 0.1) is 0 Å². The summed E-state index contributed by atoms with van der Waals surface area (Å²) in [6, 6.07) is -0.0313. The number of hydrogen-bond donors (Lipinski definition) is 2. The van der Waals surface area contributed by atoms with Crippen molar-refractivity contribution in [3.8, 4) is 0 Å². The third kappa shape index (κ3) is 9.93. The topological polar surface area (TPSA) is 67.4 Å². The van der Waals surface area contributed by atoms with Crippen molar-refractivity contribution in [1.82, 2.24) is 10.6 Å². The molecule has 2 N–H and O–H groups in total. The summed E-state index contributed by atoms with van der Waals surface area (Å²) < 4.78 is 5.06. The van der Waals surface area contributed by atoms with Crippen LogP contribution in [0.5, 0.6) is 0 Å². The fraction of sp³-hybridized carbons (Fsp3) is 0.818. The Morgan fingerprint density at radius 1 is 1.35 bits per heavy atom. The van der Waals surface area contributed by atoms with E-state index in [1.54, 1.807) is 20.8 Å². The summed E-state index contributed by atoms with van der Waals surface area (Å²) in [5, 5.41) is 5.30. The van der Waals surface area contributed by atoms with Crippen LogP contribution in [0.1, 0.15) is 34.1 Å². The van der Waals surface area contributed by atoms with Gasteiger partial charge in [-0.3, -0.25) is 4.79 Å². The molecule has 0 saturated carbocycles. The van der Waals surface area contributed by atoms with E-state index in [-0.39, 0.29) is 17.8 Å². The van der Waals surface area contributed by atoms with E-state index in [0.29, 0.717) is 13.0 Å².